The predicted molar refractivity (Wildman–Crippen MR) is 92.3 cm³/mol. The summed E-state index contributed by atoms with van der Waals surface area (Å²) in [5, 5.41) is 0. The summed E-state index contributed by atoms with van der Waals surface area (Å²) >= 11 is 0. The zero-order chi connectivity index (χ0) is 15.9. The number of hydrogen-bond acceptors (Lipinski definition) is 3. The van der Waals surface area contributed by atoms with E-state index in [0.29, 0.717) is 6.10 Å². The molecule has 0 heterocycles. The zero-order valence-electron chi connectivity index (χ0n) is 14.2. The number of carbonyl (C=O) groups is 1. The van der Waals surface area contributed by atoms with Crippen molar-refractivity contribution in [2.45, 2.75) is 90.4 Å². The van der Waals surface area contributed by atoms with Gasteiger partial charge in [0.25, 0.3) is 0 Å². The molecule has 0 aliphatic carbocycles. The summed E-state index contributed by atoms with van der Waals surface area (Å²) in [5.41, 5.74) is 0. The van der Waals surface area contributed by atoms with Crippen LogP contribution in [0.2, 0.25) is 6.04 Å². The van der Waals surface area contributed by atoms with E-state index in [1.807, 2.05) is 0 Å². The van der Waals surface area contributed by atoms with E-state index in [0.717, 1.165) is 38.1 Å². The molecule has 0 fully saturated rings. The highest BCUT2D eigenvalue weighted by Crippen LogP contribution is 2.14. The van der Waals surface area contributed by atoms with Crippen molar-refractivity contribution >= 4 is 15.7 Å². The Bertz CT molecular complexity index is 269. The van der Waals surface area contributed by atoms with Gasteiger partial charge in [-0.25, -0.2) is 4.79 Å². The first-order chi connectivity index (χ1) is 10.2. The molecule has 0 N–H and O–H groups in total. The average Bonchev–Trinajstić information content (AvgIpc) is 2.49. The fourth-order valence-corrected chi connectivity index (χ4v) is 3.91. The summed E-state index contributed by atoms with van der Waals surface area (Å²) in [4.78, 5) is 11.4. The van der Waals surface area contributed by atoms with Gasteiger partial charge >= 0.3 is 5.97 Å². The fraction of sp³-hybridized carbons (Fsp3) is 0.824. The lowest BCUT2D eigenvalue weighted by atomic mass is 10.1. The number of hydrogen-bond donors (Lipinski definition) is 0. The minimum absolute atomic E-state index is 0.0457. The van der Waals surface area contributed by atoms with Crippen molar-refractivity contribution in [2.24, 2.45) is 0 Å². The van der Waals surface area contributed by atoms with Crippen LogP contribution in [0, 0.1) is 0 Å². The first kappa shape index (κ1) is 20.4. The quantitative estimate of drug-likeness (QED) is 0.209. The number of esters is 1. The van der Waals surface area contributed by atoms with Crippen LogP contribution >= 0.6 is 0 Å². The summed E-state index contributed by atoms with van der Waals surface area (Å²) < 4.78 is 11.5. The van der Waals surface area contributed by atoms with Crippen LogP contribution in [0.5, 0.6) is 0 Å². The molecule has 0 spiro atoms. The highest BCUT2D eigenvalue weighted by Gasteiger charge is 2.13. The minimum atomic E-state index is -0.496. The van der Waals surface area contributed by atoms with E-state index in [2.05, 4.69) is 27.4 Å². The van der Waals surface area contributed by atoms with Gasteiger partial charge in [0.05, 0.1) is 0 Å². The van der Waals surface area contributed by atoms with E-state index >= 15 is 0 Å². The van der Waals surface area contributed by atoms with Crippen molar-refractivity contribution in [2.75, 3.05) is 0 Å². The second kappa shape index (κ2) is 14.3. The maximum Gasteiger partial charge on any atom is 0.330 e. The Morgan fingerprint density at radius 3 is 2.43 bits per heavy atom. The first-order valence-corrected chi connectivity index (χ1v) is 10.2. The van der Waals surface area contributed by atoms with Crippen molar-refractivity contribution in [1.82, 2.24) is 0 Å². The molecule has 3 nitrogen and oxygen atoms in total. The molecule has 0 rings (SSSR count). The molecule has 0 amide bonds. The highest BCUT2D eigenvalue weighted by molar-refractivity contribution is 6.27. The Labute approximate surface area is 133 Å². The first-order valence-electron chi connectivity index (χ1n) is 8.62. The van der Waals surface area contributed by atoms with E-state index in [-0.39, 0.29) is 12.1 Å². The van der Waals surface area contributed by atoms with Crippen LogP contribution in [0.3, 0.4) is 0 Å². The zero-order valence-corrected chi connectivity index (χ0v) is 15.6. The molecule has 0 aromatic rings. The molecule has 0 aromatic carbocycles. The van der Waals surface area contributed by atoms with Crippen molar-refractivity contribution < 1.29 is 14.0 Å². The summed E-state index contributed by atoms with van der Waals surface area (Å²) in [6, 6.07) is 1.08. The Hall–Kier alpha value is -0.613. The van der Waals surface area contributed by atoms with Crippen LogP contribution in [0.4, 0.5) is 0 Å². The lowest BCUT2D eigenvalue weighted by Crippen LogP contribution is -2.19. The van der Waals surface area contributed by atoms with Crippen LogP contribution in [0.15, 0.2) is 12.7 Å². The standard InChI is InChI=1S/C17H34O3Si/c1-5-9-10-12-16(19-17(18)8-4)13-14-21-20-15(7-3)11-6-2/h8,15-16H,4-7,9-14,21H2,1-3H3. The molecule has 2 unspecified atom stereocenters. The highest BCUT2D eigenvalue weighted by atomic mass is 28.2. The van der Waals surface area contributed by atoms with Gasteiger partial charge in [0.2, 0.25) is 0 Å². The number of rotatable bonds is 14. The fourth-order valence-electron chi connectivity index (χ4n) is 2.38. The maximum absolute atomic E-state index is 11.4. The van der Waals surface area contributed by atoms with Gasteiger partial charge < -0.3 is 9.16 Å². The molecule has 0 aliphatic heterocycles. The summed E-state index contributed by atoms with van der Waals surface area (Å²) in [6.07, 6.45) is 10.6. The van der Waals surface area contributed by atoms with Crippen molar-refractivity contribution in [3.63, 3.8) is 0 Å². The molecule has 0 saturated carbocycles. The van der Waals surface area contributed by atoms with Gasteiger partial charge in [-0.3, -0.25) is 0 Å². The molecule has 2 atom stereocenters. The van der Waals surface area contributed by atoms with Gasteiger partial charge in [0.15, 0.2) is 9.76 Å². The van der Waals surface area contributed by atoms with Crippen LogP contribution in [-0.2, 0) is 14.0 Å². The Balaban J connectivity index is 3.97. The number of ether oxygens (including phenoxy) is 1. The van der Waals surface area contributed by atoms with Crippen molar-refractivity contribution in [3.05, 3.63) is 12.7 Å². The van der Waals surface area contributed by atoms with Crippen molar-refractivity contribution in [3.8, 4) is 0 Å². The van der Waals surface area contributed by atoms with E-state index in [9.17, 15) is 4.79 Å². The van der Waals surface area contributed by atoms with Gasteiger partial charge in [-0.1, -0.05) is 46.6 Å². The van der Waals surface area contributed by atoms with E-state index < -0.39 is 9.76 Å². The normalized spacial score (nSPS) is 14.2. The topological polar surface area (TPSA) is 35.5 Å². The van der Waals surface area contributed by atoms with Gasteiger partial charge in [-0.05, 0) is 38.1 Å². The predicted octanol–water partition coefficient (Wildman–Crippen LogP) is 4.15. The van der Waals surface area contributed by atoms with E-state index in [1.165, 1.54) is 25.3 Å². The second-order valence-corrected chi connectivity index (χ2v) is 7.04. The maximum atomic E-state index is 11.4. The largest absolute Gasteiger partial charge is 0.459 e. The van der Waals surface area contributed by atoms with Crippen molar-refractivity contribution in [1.29, 1.82) is 0 Å². The third-order valence-electron chi connectivity index (χ3n) is 3.67. The minimum Gasteiger partial charge on any atom is -0.459 e. The molecule has 0 bridgehead atoms. The monoisotopic (exact) mass is 314 g/mol. The van der Waals surface area contributed by atoms with E-state index in [4.69, 9.17) is 9.16 Å². The third-order valence-corrected chi connectivity index (χ3v) is 5.07. The Morgan fingerprint density at radius 2 is 1.86 bits per heavy atom. The van der Waals surface area contributed by atoms with Crippen LogP contribution in [0.25, 0.3) is 0 Å². The molecule has 0 saturated heterocycles. The van der Waals surface area contributed by atoms with Gasteiger partial charge in [0.1, 0.15) is 6.10 Å². The molecule has 4 heteroatoms. The van der Waals surface area contributed by atoms with Gasteiger partial charge in [0, 0.05) is 12.2 Å². The van der Waals surface area contributed by atoms with Gasteiger partial charge in [-0.2, -0.15) is 0 Å². The van der Waals surface area contributed by atoms with E-state index in [1.54, 1.807) is 0 Å². The van der Waals surface area contributed by atoms with Crippen LogP contribution in [-0.4, -0.2) is 27.9 Å². The van der Waals surface area contributed by atoms with Gasteiger partial charge in [-0.15, -0.1) is 0 Å². The number of unbranched alkanes of at least 4 members (excludes halogenated alkanes) is 2. The summed E-state index contributed by atoms with van der Waals surface area (Å²) in [7, 11) is -0.496. The molecule has 0 aliphatic rings. The Kier molecular flexibility index (Phi) is 13.9. The molecule has 0 radical (unpaired) electrons. The average molecular weight is 315 g/mol. The molecule has 124 valence electrons. The smallest absolute Gasteiger partial charge is 0.330 e. The molecular formula is C17H34O3Si. The lowest BCUT2D eigenvalue weighted by Gasteiger charge is -2.19. The molecular weight excluding hydrogens is 280 g/mol. The third kappa shape index (κ3) is 11.7. The lowest BCUT2D eigenvalue weighted by molar-refractivity contribution is -0.143. The number of carbonyl (C=O) groups excluding carboxylic acids is 1. The summed E-state index contributed by atoms with van der Waals surface area (Å²) in [5.74, 6) is -0.295. The SMILES string of the molecule is C=CC(=O)OC(CCCCC)CC[SiH2]OC(CC)CCC. The Morgan fingerprint density at radius 1 is 1.10 bits per heavy atom. The van der Waals surface area contributed by atoms with Crippen LogP contribution in [0.1, 0.15) is 72.1 Å². The molecule has 0 aromatic heterocycles. The van der Waals surface area contributed by atoms with Crippen LogP contribution < -0.4 is 0 Å². The molecule has 21 heavy (non-hydrogen) atoms. The summed E-state index contributed by atoms with van der Waals surface area (Å²) in [6.45, 7) is 10.0. The second-order valence-electron chi connectivity index (χ2n) is 5.59.